The molecule has 0 saturated carbocycles. The van der Waals surface area contributed by atoms with Gasteiger partial charge in [0.1, 0.15) is 0 Å². The lowest BCUT2D eigenvalue weighted by molar-refractivity contribution is -0.126. The normalized spacial score (nSPS) is 18.1. The first-order chi connectivity index (χ1) is 7.34. The van der Waals surface area contributed by atoms with E-state index < -0.39 is 0 Å². The standard InChI is InChI=1S/C10H19N2O2P/c1-2-14-15-9-3-4-10(13)12-7-5-11-6-8-12/h3-4,11,15H,2,5-9H2,1H3/b4-3+. The summed E-state index contributed by atoms with van der Waals surface area (Å²) in [7, 11) is 0.471. The third-order valence-corrected chi connectivity index (χ3v) is 3.03. The quantitative estimate of drug-likeness (QED) is 0.427. The highest BCUT2D eigenvalue weighted by Crippen LogP contribution is 2.10. The van der Waals surface area contributed by atoms with Crippen LogP contribution in [0.4, 0.5) is 0 Å². The molecule has 1 aliphatic heterocycles. The van der Waals surface area contributed by atoms with Gasteiger partial charge in [0, 0.05) is 47.8 Å². The van der Waals surface area contributed by atoms with Crippen LogP contribution >= 0.6 is 8.81 Å². The Morgan fingerprint density at radius 3 is 2.93 bits per heavy atom. The predicted octanol–water partition coefficient (Wildman–Crippen LogP) is 0.604. The summed E-state index contributed by atoms with van der Waals surface area (Å²) in [5.74, 6) is 0.123. The Kier molecular flexibility index (Phi) is 6.57. The van der Waals surface area contributed by atoms with Crippen molar-refractivity contribution in [2.75, 3.05) is 38.9 Å². The van der Waals surface area contributed by atoms with E-state index in [2.05, 4.69) is 5.32 Å². The number of carbonyl (C=O) groups excluding carboxylic acids is 1. The third kappa shape index (κ3) is 5.26. The van der Waals surface area contributed by atoms with Gasteiger partial charge in [0.2, 0.25) is 5.91 Å². The molecule has 1 heterocycles. The van der Waals surface area contributed by atoms with Gasteiger partial charge in [-0.1, -0.05) is 6.08 Å². The van der Waals surface area contributed by atoms with E-state index in [4.69, 9.17) is 4.52 Å². The van der Waals surface area contributed by atoms with E-state index in [-0.39, 0.29) is 5.91 Å². The van der Waals surface area contributed by atoms with E-state index in [0.29, 0.717) is 8.81 Å². The molecule has 1 atom stereocenters. The van der Waals surface area contributed by atoms with E-state index in [1.807, 2.05) is 17.9 Å². The summed E-state index contributed by atoms with van der Waals surface area (Å²) in [5.41, 5.74) is 0. The van der Waals surface area contributed by atoms with Crippen molar-refractivity contribution in [3.63, 3.8) is 0 Å². The van der Waals surface area contributed by atoms with Crippen LogP contribution in [0, 0.1) is 0 Å². The zero-order valence-corrected chi connectivity index (χ0v) is 10.2. The van der Waals surface area contributed by atoms with Gasteiger partial charge in [-0.2, -0.15) is 0 Å². The Hall–Kier alpha value is -0.440. The summed E-state index contributed by atoms with van der Waals surface area (Å²) in [6.45, 7) is 6.16. The van der Waals surface area contributed by atoms with Gasteiger partial charge < -0.3 is 14.7 Å². The second kappa shape index (κ2) is 7.80. The highest BCUT2D eigenvalue weighted by atomic mass is 31.1. The first-order valence-corrected chi connectivity index (χ1v) is 6.47. The lowest BCUT2D eigenvalue weighted by Gasteiger charge is -2.26. The van der Waals surface area contributed by atoms with Gasteiger partial charge in [0.25, 0.3) is 0 Å². The van der Waals surface area contributed by atoms with Crippen LogP contribution in [0.15, 0.2) is 12.2 Å². The molecule has 0 aromatic heterocycles. The largest absolute Gasteiger partial charge is 0.362 e. The molecule has 0 aromatic carbocycles. The minimum Gasteiger partial charge on any atom is -0.362 e. The van der Waals surface area contributed by atoms with Crippen molar-refractivity contribution in [2.24, 2.45) is 0 Å². The van der Waals surface area contributed by atoms with Gasteiger partial charge in [-0.25, -0.2) is 0 Å². The molecule has 1 rings (SSSR count). The van der Waals surface area contributed by atoms with Crippen LogP contribution in [0.2, 0.25) is 0 Å². The van der Waals surface area contributed by atoms with Crippen molar-refractivity contribution in [3.8, 4) is 0 Å². The van der Waals surface area contributed by atoms with E-state index in [9.17, 15) is 4.79 Å². The van der Waals surface area contributed by atoms with Gasteiger partial charge >= 0.3 is 0 Å². The summed E-state index contributed by atoms with van der Waals surface area (Å²) >= 11 is 0. The monoisotopic (exact) mass is 230 g/mol. The molecule has 4 nitrogen and oxygen atoms in total. The lowest BCUT2D eigenvalue weighted by atomic mass is 10.3. The zero-order chi connectivity index (χ0) is 10.9. The van der Waals surface area contributed by atoms with Crippen LogP contribution in [0.5, 0.6) is 0 Å². The number of hydrogen-bond acceptors (Lipinski definition) is 3. The fourth-order valence-electron chi connectivity index (χ4n) is 1.36. The molecule has 1 aliphatic rings. The topological polar surface area (TPSA) is 41.6 Å². The summed E-state index contributed by atoms with van der Waals surface area (Å²) in [6, 6.07) is 0. The number of carbonyl (C=O) groups is 1. The van der Waals surface area contributed by atoms with E-state index in [1.54, 1.807) is 6.08 Å². The molecule has 0 aliphatic carbocycles. The van der Waals surface area contributed by atoms with Gasteiger partial charge in [-0.15, -0.1) is 0 Å². The van der Waals surface area contributed by atoms with Crippen LogP contribution in [0.3, 0.4) is 0 Å². The van der Waals surface area contributed by atoms with Crippen molar-refractivity contribution in [3.05, 3.63) is 12.2 Å². The fourth-order valence-corrected chi connectivity index (χ4v) is 1.90. The Bertz CT molecular complexity index is 215. The molecule has 5 heteroatoms. The smallest absolute Gasteiger partial charge is 0.246 e. The van der Waals surface area contributed by atoms with Crippen molar-refractivity contribution in [2.45, 2.75) is 6.92 Å². The number of nitrogens with one attached hydrogen (secondary N) is 1. The van der Waals surface area contributed by atoms with Gasteiger partial charge in [0.05, 0.1) is 0 Å². The maximum Gasteiger partial charge on any atom is 0.246 e. The first kappa shape index (κ1) is 12.6. The molecular weight excluding hydrogens is 211 g/mol. The number of piperazine rings is 1. The zero-order valence-electron chi connectivity index (χ0n) is 9.16. The summed E-state index contributed by atoms with van der Waals surface area (Å²) < 4.78 is 5.20. The minimum atomic E-state index is 0.123. The number of nitrogens with zero attached hydrogens (tertiary/aromatic N) is 1. The van der Waals surface area contributed by atoms with E-state index >= 15 is 0 Å². The molecule has 1 unspecified atom stereocenters. The molecule has 1 amide bonds. The Morgan fingerprint density at radius 2 is 2.27 bits per heavy atom. The summed E-state index contributed by atoms with van der Waals surface area (Å²) in [6.07, 6.45) is 4.40. The highest BCUT2D eigenvalue weighted by Gasteiger charge is 2.12. The van der Waals surface area contributed by atoms with Gasteiger partial charge in [0.15, 0.2) is 0 Å². The number of rotatable bonds is 5. The highest BCUT2D eigenvalue weighted by molar-refractivity contribution is 7.32. The molecule has 86 valence electrons. The molecule has 1 N–H and O–H groups in total. The molecule has 0 spiro atoms. The Morgan fingerprint density at radius 1 is 1.53 bits per heavy atom. The number of amides is 1. The van der Waals surface area contributed by atoms with Crippen LogP contribution < -0.4 is 5.32 Å². The minimum absolute atomic E-state index is 0.123. The van der Waals surface area contributed by atoms with E-state index in [0.717, 1.165) is 38.9 Å². The van der Waals surface area contributed by atoms with Crippen LogP contribution in [0.25, 0.3) is 0 Å². The van der Waals surface area contributed by atoms with Crippen LogP contribution in [-0.2, 0) is 9.32 Å². The Labute approximate surface area is 92.9 Å². The van der Waals surface area contributed by atoms with Crippen molar-refractivity contribution >= 4 is 14.7 Å². The maximum atomic E-state index is 11.6. The van der Waals surface area contributed by atoms with Gasteiger partial charge in [-0.05, 0) is 13.0 Å². The second-order valence-electron chi connectivity index (χ2n) is 3.26. The van der Waals surface area contributed by atoms with E-state index in [1.165, 1.54) is 0 Å². The molecule has 1 saturated heterocycles. The van der Waals surface area contributed by atoms with Crippen LogP contribution in [-0.4, -0.2) is 49.8 Å². The fraction of sp³-hybridized carbons (Fsp3) is 0.700. The third-order valence-electron chi connectivity index (χ3n) is 2.14. The van der Waals surface area contributed by atoms with Gasteiger partial charge in [-0.3, -0.25) is 4.79 Å². The van der Waals surface area contributed by atoms with Crippen LogP contribution in [0.1, 0.15) is 6.92 Å². The summed E-state index contributed by atoms with van der Waals surface area (Å²) in [5, 5.41) is 3.22. The van der Waals surface area contributed by atoms with Crippen molar-refractivity contribution in [1.82, 2.24) is 10.2 Å². The average molecular weight is 230 g/mol. The first-order valence-electron chi connectivity index (χ1n) is 5.35. The molecule has 0 radical (unpaired) electrons. The maximum absolute atomic E-state index is 11.6. The second-order valence-corrected chi connectivity index (χ2v) is 4.24. The SMILES string of the molecule is CCOPC/C=C/C(=O)N1CCNCC1. The lowest BCUT2D eigenvalue weighted by Crippen LogP contribution is -2.45. The summed E-state index contributed by atoms with van der Waals surface area (Å²) in [4.78, 5) is 13.5. The number of hydrogen-bond donors (Lipinski definition) is 1. The Balaban J connectivity index is 2.15. The molecule has 1 fully saturated rings. The van der Waals surface area contributed by atoms with Crippen molar-refractivity contribution in [1.29, 1.82) is 0 Å². The predicted molar refractivity (Wildman–Crippen MR) is 63.4 cm³/mol. The molecular formula is C10H19N2O2P. The molecule has 0 bridgehead atoms. The average Bonchev–Trinajstić information content (AvgIpc) is 2.30. The molecule has 0 aromatic rings. The molecule has 15 heavy (non-hydrogen) atoms. The van der Waals surface area contributed by atoms with Crippen molar-refractivity contribution < 1.29 is 9.32 Å². The number of allylic oxidation sites excluding steroid dienone is 1.